The molecule has 0 spiro atoms. The maximum Gasteiger partial charge on any atom is 0.127 e. The van der Waals surface area contributed by atoms with E-state index < -0.39 is 0 Å². The van der Waals surface area contributed by atoms with Crippen LogP contribution in [0.1, 0.15) is 52.4 Å². The first-order valence-electron chi connectivity index (χ1n) is 8.24. The second-order valence-corrected chi connectivity index (χ2v) is 6.45. The minimum Gasteiger partial charge on any atom is -0.487 e. The number of ether oxygens (including phenoxy) is 2. The summed E-state index contributed by atoms with van der Waals surface area (Å²) in [6, 6.07) is 7.68. The molecular formula is C18H27ClO2. The van der Waals surface area contributed by atoms with E-state index in [4.69, 9.17) is 21.1 Å². The van der Waals surface area contributed by atoms with Crippen LogP contribution >= 0.6 is 11.6 Å². The number of unbranched alkanes of at least 4 members (excludes halogenated alkanes) is 1. The van der Waals surface area contributed by atoms with Gasteiger partial charge in [-0.05, 0) is 50.3 Å². The van der Waals surface area contributed by atoms with Gasteiger partial charge in [0.05, 0.1) is 6.10 Å². The molecule has 0 aromatic heterocycles. The van der Waals surface area contributed by atoms with E-state index in [0.29, 0.717) is 5.92 Å². The fourth-order valence-corrected chi connectivity index (χ4v) is 3.25. The van der Waals surface area contributed by atoms with Gasteiger partial charge in [0.25, 0.3) is 0 Å². The van der Waals surface area contributed by atoms with Crippen molar-refractivity contribution in [3.05, 3.63) is 29.3 Å². The zero-order valence-electron chi connectivity index (χ0n) is 13.2. The Hall–Kier alpha value is -0.730. The summed E-state index contributed by atoms with van der Waals surface area (Å²) in [6.45, 7) is 5.15. The van der Waals surface area contributed by atoms with E-state index in [2.05, 4.69) is 13.8 Å². The molecule has 0 N–H and O–H groups in total. The van der Waals surface area contributed by atoms with Gasteiger partial charge < -0.3 is 9.47 Å². The van der Waals surface area contributed by atoms with E-state index in [-0.39, 0.29) is 12.2 Å². The van der Waals surface area contributed by atoms with Crippen molar-refractivity contribution in [3.8, 4) is 5.75 Å². The van der Waals surface area contributed by atoms with E-state index in [9.17, 15) is 0 Å². The van der Waals surface area contributed by atoms with Crippen molar-refractivity contribution in [1.82, 2.24) is 0 Å². The van der Waals surface area contributed by atoms with E-state index in [1.807, 2.05) is 24.3 Å². The summed E-state index contributed by atoms with van der Waals surface area (Å²) in [5.41, 5.74) is 0. The molecule has 1 fully saturated rings. The Labute approximate surface area is 133 Å². The van der Waals surface area contributed by atoms with Crippen molar-refractivity contribution >= 4 is 11.6 Å². The van der Waals surface area contributed by atoms with Crippen molar-refractivity contribution in [2.75, 3.05) is 6.61 Å². The third-order valence-electron chi connectivity index (χ3n) is 4.27. The molecule has 0 heterocycles. The van der Waals surface area contributed by atoms with Crippen LogP contribution in [0.25, 0.3) is 0 Å². The van der Waals surface area contributed by atoms with Crippen LogP contribution in [-0.4, -0.2) is 18.8 Å². The minimum absolute atomic E-state index is 0.124. The van der Waals surface area contributed by atoms with Crippen LogP contribution in [0.5, 0.6) is 5.75 Å². The third kappa shape index (κ3) is 5.19. The Morgan fingerprint density at radius 1 is 1.29 bits per heavy atom. The molecule has 0 amide bonds. The Morgan fingerprint density at radius 3 is 2.71 bits per heavy atom. The summed E-state index contributed by atoms with van der Waals surface area (Å²) in [6.07, 6.45) is 7.62. The standard InChI is InChI=1S/C18H27ClO2/c1-3-4-12-20-14(2)18(15-8-5-6-9-15)21-17-11-7-10-16(19)13-17/h7,10-11,13-15,18H,3-6,8-9,12H2,1-2H3/t14-,18-/m0/s1. The lowest BCUT2D eigenvalue weighted by Gasteiger charge is -2.30. The summed E-state index contributed by atoms with van der Waals surface area (Å²) in [5, 5.41) is 0.720. The molecule has 0 aliphatic heterocycles. The van der Waals surface area contributed by atoms with Gasteiger partial charge in [-0.25, -0.2) is 0 Å². The molecule has 118 valence electrons. The van der Waals surface area contributed by atoms with Crippen molar-refractivity contribution in [3.63, 3.8) is 0 Å². The molecule has 1 aromatic carbocycles. The second kappa shape index (κ2) is 8.65. The highest BCUT2D eigenvalue weighted by Gasteiger charge is 2.31. The molecule has 2 nitrogen and oxygen atoms in total. The normalized spacial score (nSPS) is 18.6. The molecule has 1 aliphatic rings. The lowest BCUT2D eigenvalue weighted by molar-refractivity contribution is -0.0391. The van der Waals surface area contributed by atoms with Gasteiger partial charge in [-0.2, -0.15) is 0 Å². The smallest absolute Gasteiger partial charge is 0.127 e. The maximum atomic E-state index is 6.26. The molecule has 0 saturated heterocycles. The lowest BCUT2D eigenvalue weighted by Crippen LogP contribution is -2.37. The van der Waals surface area contributed by atoms with Crippen LogP contribution < -0.4 is 4.74 Å². The fraction of sp³-hybridized carbons (Fsp3) is 0.667. The van der Waals surface area contributed by atoms with Crippen LogP contribution in [0.4, 0.5) is 0 Å². The van der Waals surface area contributed by atoms with Gasteiger partial charge in [-0.1, -0.05) is 43.9 Å². The molecular weight excluding hydrogens is 284 g/mol. The van der Waals surface area contributed by atoms with Gasteiger partial charge in [0, 0.05) is 11.6 Å². The molecule has 1 aliphatic carbocycles. The average Bonchev–Trinajstić information content (AvgIpc) is 2.99. The molecule has 3 heteroatoms. The van der Waals surface area contributed by atoms with Gasteiger partial charge in [0.15, 0.2) is 0 Å². The Morgan fingerprint density at radius 2 is 2.05 bits per heavy atom. The average molecular weight is 311 g/mol. The first-order chi connectivity index (χ1) is 10.2. The summed E-state index contributed by atoms with van der Waals surface area (Å²) in [7, 11) is 0. The molecule has 1 saturated carbocycles. The SMILES string of the molecule is CCCCO[C@@H](C)[C@H](Oc1cccc(Cl)c1)C1CCCC1. The predicted octanol–water partition coefficient (Wildman–Crippen LogP) is 5.48. The van der Waals surface area contributed by atoms with E-state index in [1.54, 1.807) is 0 Å². The third-order valence-corrected chi connectivity index (χ3v) is 4.51. The molecule has 0 bridgehead atoms. The van der Waals surface area contributed by atoms with Crippen LogP contribution in [0, 0.1) is 5.92 Å². The van der Waals surface area contributed by atoms with Crippen LogP contribution in [0.15, 0.2) is 24.3 Å². The van der Waals surface area contributed by atoms with E-state index in [0.717, 1.165) is 30.2 Å². The topological polar surface area (TPSA) is 18.5 Å². The van der Waals surface area contributed by atoms with E-state index >= 15 is 0 Å². The molecule has 0 radical (unpaired) electrons. The molecule has 0 unspecified atom stereocenters. The van der Waals surface area contributed by atoms with Crippen molar-refractivity contribution < 1.29 is 9.47 Å². The molecule has 21 heavy (non-hydrogen) atoms. The van der Waals surface area contributed by atoms with Gasteiger partial charge in [0.2, 0.25) is 0 Å². The minimum atomic E-state index is 0.124. The highest BCUT2D eigenvalue weighted by molar-refractivity contribution is 6.30. The summed E-state index contributed by atoms with van der Waals surface area (Å²) >= 11 is 6.06. The number of hydrogen-bond acceptors (Lipinski definition) is 2. The predicted molar refractivity (Wildman–Crippen MR) is 88.1 cm³/mol. The van der Waals surface area contributed by atoms with Crippen molar-refractivity contribution in [1.29, 1.82) is 0 Å². The monoisotopic (exact) mass is 310 g/mol. The Bertz CT molecular complexity index is 415. The van der Waals surface area contributed by atoms with Gasteiger partial charge >= 0.3 is 0 Å². The number of halogens is 1. The molecule has 2 atom stereocenters. The zero-order chi connectivity index (χ0) is 15.1. The first kappa shape index (κ1) is 16.6. The Kier molecular flexibility index (Phi) is 6.85. The summed E-state index contributed by atoms with van der Waals surface area (Å²) < 4.78 is 12.3. The van der Waals surface area contributed by atoms with Crippen LogP contribution in [-0.2, 0) is 4.74 Å². The number of benzene rings is 1. The Balaban J connectivity index is 2.00. The van der Waals surface area contributed by atoms with Crippen molar-refractivity contribution in [2.24, 2.45) is 5.92 Å². The summed E-state index contributed by atoms with van der Waals surface area (Å²) in [5.74, 6) is 1.45. The van der Waals surface area contributed by atoms with E-state index in [1.165, 1.54) is 25.7 Å². The quantitative estimate of drug-likeness (QED) is 0.592. The summed E-state index contributed by atoms with van der Waals surface area (Å²) in [4.78, 5) is 0. The van der Waals surface area contributed by atoms with Crippen molar-refractivity contribution in [2.45, 2.75) is 64.6 Å². The highest BCUT2D eigenvalue weighted by Crippen LogP contribution is 2.33. The maximum absolute atomic E-state index is 6.26. The first-order valence-corrected chi connectivity index (χ1v) is 8.62. The second-order valence-electron chi connectivity index (χ2n) is 6.01. The highest BCUT2D eigenvalue weighted by atomic mass is 35.5. The lowest BCUT2D eigenvalue weighted by atomic mass is 9.96. The van der Waals surface area contributed by atoms with Gasteiger partial charge in [0.1, 0.15) is 11.9 Å². The van der Waals surface area contributed by atoms with Gasteiger partial charge in [-0.15, -0.1) is 0 Å². The van der Waals surface area contributed by atoms with Crippen LogP contribution in [0.2, 0.25) is 5.02 Å². The molecule has 1 aromatic rings. The zero-order valence-corrected chi connectivity index (χ0v) is 13.9. The molecule has 2 rings (SSSR count). The largest absolute Gasteiger partial charge is 0.487 e. The number of hydrogen-bond donors (Lipinski definition) is 0. The van der Waals surface area contributed by atoms with Crippen LogP contribution in [0.3, 0.4) is 0 Å². The fourth-order valence-electron chi connectivity index (χ4n) is 3.07. The van der Waals surface area contributed by atoms with Gasteiger partial charge in [-0.3, -0.25) is 0 Å². The number of rotatable bonds is 8.